The molecular weight excluding hydrogens is 731 g/mol. The van der Waals surface area contributed by atoms with E-state index >= 15 is 0 Å². The average Bonchev–Trinajstić information content (AvgIpc) is 3.62. The molecule has 3 heterocycles. The highest BCUT2D eigenvalue weighted by molar-refractivity contribution is 5.95. The standard InChI is InChI=1S/C56H37N3O/c1-3-15-38(16-4-1)50-35-51(59-55(58-50)40-17-5-2-6-18-40)45-25-13-29-49-54(45)60-53-42(37-32-30-36(31-33-37)41-23-11-19-39-20-14-34-57-52(39)41)24-12-28-48(53)56(49)46-26-9-7-21-43(46)44-22-8-10-27-47(44)56/h1,3-5,7-35H,2,6H2. The maximum atomic E-state index is 7.47. The van der Waals surface area contributed by atoms with Gasteiger partial charge in [-0.25, -0.2) is 9.97 Å². The first-order chi connectivity index (χ1) is 29.8. The number of pyridine rings is 1. The van der Waals surface area contributed by atoms with Crippen LogP contribution in [0, 0.1) is 0 Å². The maximum absolute atomic E-state index is 7.47. The number of rotatable bonds is 5. The molecule has 0 radical (unpaired) electrons. The molecule has 2 aliphatic carbocycles. The molecule has 0 saturated carbocycles. The van der Waals surface area contributed by atoms with Gasteiger partial charge in [0.25, 0.3) is 0 Å². The van der Waals surface area contributed by atoms with Gasteiger partial charge in [0.2, 0.25) is 0 Å². The van der Waals surface area contributed by atoms with Gasteiger partial charge in [-0.1, -0.05) is 176 Å². The molecule has 4 heteroatoms. The summed E-state index contributed by atoms with van der Waals surface area (Å²) in [5.41, 5.74) is 16.6. The summed E-state index contributed by atoms with van der Waals surface area (Å²) in [6, 6.07) is 62.9. The molecule has 0 saturated heterocycles. The van der Waals surface area contributed by atoms with Crippen LogP contribution >= 0.6 is 0 Å². The Hall–Kier alpha value is -7.69. The third-order valence-electron chi connectivity index (χ3n) is 12.5. The molecule has 0 bridgehead atoms. The second kappa shape index (κ2) is 13.7. The zero-order valence-corrected chi connectivity index (χ0v) is 32.7. The summed E-state index contributed by atoms with van der Waals surface area (Å²) in [7, 11) is 0. The Morgan fingerprint density at radius 3 is 1.77 bits per heavy atom. The quantitative estimate of drug-likeness (QED) is 0.175. The first-order valence-electron chi connectivity index (χ1n) is 20.7. The molecule has 12 rings (SSSR count). The molecule has 0 amide bonds. The van der Waals surface area contributed by atoms with Crippen LogP contribution in [0.15, 0.2) is 200 Å². The lowest BCUT2D eigenvalue weighted by Crippen LogP contribution is -2.32. The van der Waals surface area contributed by atoms with E-state index in [4.69, 9.17) is 19.7 Å². The number of para-hydroxylation sites is 3. The third-order valence-corrected chi connectivity index (χ3v) is 12.5. The zero-order chi connectivity index (χ0) is 39.6. The second-order valence-corrected chi connectivity index (χ2v) is 15.7. The Balaban J connectivity index is 1.10. The van der Waals surface area contributed by atoms with Crippen molar-refractivity contribution in [3.63, 3.8) is 0 Å². The molecule has 60 heavy (non-hydrogen) atoms. The lowest BCUT2D eigenvalue weighted by molar-refractivity contribution is 0.439. The molecule has 7 aromatic carbocycles. The van der Waals surface area contributed by atoms with E-state index in [0.717, 1.165) is 96.7 Å². The predicted molar refractivity (Wildman–Crippen MR) is 243 cm³/mol. The molecule has 1 aliphatic heterocycles. The molecule has 2 aromatic heterocycles. The zero-order valence-electron chi connectivity index (χ0n) is 32.7. The van der Waals surface area contributed by atoms with Crippen molar-refractivity contribution in [2.24, 2.45) is 0 Å². The van der Waals surface area contributed by atoms with Crippen molar-refractivity contribution < 1.29 is 4.74 Å². The van der Waals surface area contributed by atoms with Crippen LogP contribution in [0.3, 0.4) is 0 Å². The molecule has 9 aromatic rings. The molecule has 1 spiro atoms. The highest BCUT2D eigenvalue weighted by Gasteiger charge is 2.52. The summed E-state index contributed by atoms with van der Waals surface area (Å²) in [4.78, 5) is 15.2. The van der Waals surface area contributed by atoms with Crippen molar-refractivity contribution in [2.75, 3.05) is 0 Å². The Morgan fingerprint density at radius 2 is 1.03 bits per heavy atom. The Morgan fingerprint density at radius 1 is 0.450 bits per heavy atom. The number of fused-ring (bicyclic) bond motifs is 10. The molecule has 0 atom stereocenters. The van der Waals surface area contributed by atoms with Crippen LogP contribution in [-0.4, -0.2) is 15.0 Å². The summed E-state index contributed by atoms with van der Waals surface area (Å²) in [5.74, 6) is 2.36. The van der Waals surface area contributed by atoms with E-state index in [1.807, 2.05) is 18.3 Å². The van der Waals surface area contributed by atoms with Crippen molar-refractivity contribution >= 4 is 16.5 Å². The number of nitrogens with zero attached hydrogens (tertiary/aromatic N) is 3. The van der Waals surface area contributed by atoms with E-state index in [-0.39, 0.29) is 0 Å². The predicted octanol–water partition coefficient (Wildman–Crippen LogP) is 13.9. The van der Waals surface area contributed by atoms with E-state index in [2.05, 4.69) is 182 Å². The van der Waals surface area contributed by atoms with E-state index in [1.54, 1.807) is 0 Å². The average molecular weight is 768 g/mol. The van der Waals surface area contributed by atoms with Crippen molar-refractivity contribution in [1.29, 1.82) is 0 Å². The highest BCUT2D eigenvalue weighted by atomic mass is 16.5. The number of ether oxygens (including phenoxy) is 1. The smallest absolute Gasteiger partial charge is 0.160 e. The Labute approximate surface area is 348 Å². The summed E-state index contributed by atoms with van der Waals surface area (Å²) in [6.45, 7) is 0. The van der Waals surface area contributed by atoms with E-state index in [0.29, 0.717) is 5.82 Å². The monoisotopic (exact) mass is 767 g/mol. The van der Waals surface area contributed by atoms with Crippen LogP contribution in [0.2, 0.25) is 0 Å². The largest absolute Gasteiger partial charge is 0.455 e. The van der Waals surface area contributed by atoms with E-state index < -0.39 is 5.41 Å². The highest BCUT2D eigenvalue weighted by Crippen LogP contribution is 2.64. The van der Waals surface area contributed by atoms with Gasteiger partial charge in [0.1, 0.15) is 11.5 Å². The van der Waals surface area contributed by atoms with Gasteiger partial charge in [0, 0.05) is 50.5 Å². The maximum Gasteiger partial charge on any atom is 0.160 e. The first kappa shape index (κ1) is 34.4. The normalized spacial score (nSPS) is 14.2. The number of allylic oxidation sites excluding steroid dienone is 4. The minimum Gasteiger partial charge on any atom is -0.455 e. The Bertz CT molecular complexity index is 3180. The molecule has 0 fully saturated rings. The fraction of sp³-hybridized carbons (Fsp3) is 0.0536. The van der Waals surface area contributed by atoms with Crippen molar-refractivity contribution in [1.82, 2.24) is 15.0 Å². The van der Waals surface area contributed by atoms with Gasteiger partial charge in [0.05, 0.1) is 22.3 Å². The van der Waals surface area contributed by atoms with Crippen molar-refractivity contribution in [3.8, 4) is 67.4 Å². The minimum absolute atomic E-state index is 0.649. The summed E-state index contributed by atoms with van der Waals surface area (Å²) in [5, 5.41) is 1.13. The van der Waals surface area contributed by atoms with Gasteiger partial charge in [-0.3, -0.25) is 4.98 Å². The summed E-state index contributed by atoms with van der Waals surface area (Å²) in [6.07, 6.45) is 10.5. The number of hydrogen-bond acceptors (Lipinski definition) is 4. The lowest BCUT2D eigenvalue weighted by Gasteiger charge is -2.40. The number of aromatic nitrogens is 3. The van der Waals surface area contributed by atoms with E-state index in [9.17, 15) is 0 Å². The van der Waals surface area contributed by atoms with Crippen LogP contribution in [0.1, 0.15) is 40.9 Å². The number of hydrogen-bond donors (Lipinski definition) is 0. The van der Waals surface area contributed by atoms with Gasteiger partial charge in [-0.15, -0.1) is 0 Å². The van der Waals surface area contributed by atoms with E-state index in [1.165, 1.54) is 22.3 Å². The van der Waals surface area contributed by atoms with Crippen LogP contribution in [-0.2, 0) is 5.41 Å². The summed E-state index contributed by atoms with van der Waals surface area (Å²) < 4.78 is 7.47. The minimum atomic E-state index is -0.649. The topological polar surface area (TPSA) is 47.9 Å². The summed E-state index contributed by atoms with van der Waals surface area (Å²) >= 11 is 0. The molecule has 282 valence electrons. The van der Waals surface area contributed by atoms with Gasteiger partial charge >= 0.3 is 0 Å². The second-order valence-electron chi connectivity index (χ2n) is 15.7. The van der Waals surface area contributed by atoms with Crippen molar-refractivity contribution in [3.05, 3.63) is 228 Å². The lowest BCUT2D eigenvalue weighted by atomic mass is 9.65. The van der Waals surface area contributed by atoms with Crippen LogP contribution in [0.25, 0.3) is 72.4 Å². The van der Waals surface area contributed by atoms with Crippen LogP contribution < -0.4 is 4.74 Å². The van der Waals surface area contributed by atoms with Crippen LogP contribution in [0.5, 0.6) is 11.5 Å². The van der Waals surface area contributed by atoms with Gasteiger partial charge in [0.15, 0.2) is 5.82 Å². The molecule has 0 N–H and O–H groups in total. The molecule has 4 nitrogen and oxygen atoms in total. The molecule has 3 aliphatic rings. The van der Waals surface area contributed by atoms with Crippen molar-refractivity contribution in [2.45, 2.75) is 18.3 Å². The SMILES string of the molecule is C1=CC(c2nc(-c3ccccc3)cc(-c3cccc4c3Oc3c(-c5ccc(-c6cccc7cccnc67)cc5)cccc3C43c4ccccc4-c4ccccc43)n2)=CCC1. The first-order valence-corrected chi connectivity index (χ1v) is 20.7. The molecular formula is C56H37N3O. The fourth-order valence-electron chi connectivity index (χ4n) is 9.79. The Kier molecular flexibility index (Phi) is 7.85. The van der Waals surface area contributed by atoms with Gasteiger partial charge < -0.3 is 4.74 Å². The van der Waals surface area contributed by atoms with Crippen LogP contribution in [0.4, 0.5) is 0 Å². The van der Waals surface area contributed by atoms with Gasteiger partial charge in [-0.05, 0) is 64.4 Å². The van der Waals surface area contributed by atoms with Gasteiger partial charge in [-0.2, -0.15) is 0 Å². The molecule has 0 unspecified atom stereocenters. The third kappa shape index (κ3) is 5.20. The number of benzene rings is 7. The fourth-order valence-corrected chi connectivity index (χ4v) is 9.79.